The van der Waals surface area contributed by atoms with Crippen LogP contribution in [0.2, 0.25) is 0 Å². The zero-order valence-corrected chi connectivity index (χ0v) is 11.1. The van der Waals surface area contributed by atoms with Gasteiger partial charge in [-0.05, 0) is 33.6 Å². The van der Waals surface area contributed by atoms with Gasteiger partial charge in [-0.1, -0.05) is 11.8 Å². The third kappa shape index (κ3) is 3.53. The third-order valence-electron chi connectivity index (χ3n) is 2.53. The number of aromatic nitrogens is 3. The molecule has 0 fully saturated rings. The van der Waals surface area contributed by atoms with Crippen LogP contribution in [0, 0.1) is 23.7 Å². The van der Waals surface area contributed by atoms with Crippen LogP contribution in [0.5, 0.6) is 0 Å². The summed E-state index contributed by atoms with van der Waals surface area (Å²) in [5.74, 6) is 1.91. The van der Waals surface area contributed by atoms with Crippen molar-refractivity contribution in [3.05, 3.63) is 5.82 Å². The van der Waals surface area contributed by atoms with Gasteiger partial charge in [-0.2, -0.15) is 5.26 Å². The van der Waals surface area contributed by atoms with Crippen molar-refractivity contribution in [3.63, 3.8) is 0 Å². The molecule has 16 heavy (non-hydrogen) atoms. The lowest BCUT2D eigenvalue weighted by Gasteiger charge is -2.13. The molecule has 88 valence electrons. The lowest BCUT2D eigenvalue weighted by atomic mass is 9.90. The quantitative estimate of drug-likeness (QED) is 0.584. The van der Waals surface area contributed by atoms with Crippen LogP contribution in [0.25, 0.3) is 0 Å². The first-order valence-corrected chi connectivity index (χ1v) is 6.35. The normalized spacial score (nSPS) is 11.4. The second kappa shape index (κ2) is 5.35. The lowest BCUT2D eigenvalue weighted by molar-refractivity contribution is 0.447. The Labute approximate surface area is 101 Å². The molecule has 0 N–H and O–H groups in total. The van der Waals surface area contributed by atoms with Crippen molar-refractivity contribution in [2.75, 3.05) is 5.75 Å². The van der Waals surface area contributed by atoms with Crippen LogP contribution in [0.1, 0.15) is 32.5 Å². The Hall–Kier alpha value is -1.02. The monoisotopic (exact) mass is 238 g/mol. The first-order chi connectivity index (χ1) is 7.46. The molecule has 4 nitrogen and oxygen atoms in total. The van der Waals surface area contributed by atoms with Crippen LogP contribution >= 0.6 is 11.8 Å². The predicted molar refractivity (Wildman–Crippen MR) is 65.1 cm³/mol. The molecule has 0 aliphatic rings. The minimum atomic E-state index is -0.212. The standard InChI is InChI=1S/C11H18N4S/c1-9-13-14-10(15(9)4)16-7-5-6-11(2,3)8-12/h5-7H2,1-4H3. The van der Waals surface area contributed by atoms with Crippen LogP contribution in [0.15, 0.2) is 5.16 Å². The average molecular weight is 238 g/mol. The Morgan fingerprint density at radius 1 is 1.44 bits per heavy atom. The topological polar surface area (TPSA) is 54.5 Å². The van der Waals surface area contributed by atoms with E-state index >= 15 is 0 Å². The van der Waals surface area contributed by atoms with Gasteiger partial charge in [0, 0.05) is 12.8 Å². The molecule has 0 atom stereocenters. The molecule has 1 aromatic rings. The molecule has 0 unspecified atom stereocenters. The number of aryl methyl sites for hydroxylation is 1. The van der Waals surface area contributed by atoms with E-state index < -0.39 is 0 Å². The molecule has 1 rings (SSSR count). The van der Waals surface area contributed by atoms with Crippen LogP contribution in [0.3, 0.4) is 0 Å². The van der Waals surface area contributed by atoms with Crippen LogP contribution in [0.4, 0.5) is 0 Å². The van der Waals surface area contributed by atoms with Gasteiger partial charge in [0.15, 0.2) is 5.16 Å². The van der Waals surface area contributed by atoms with Gasteiger partial charge in [0.05, 0.1) is 11.5 Å². The number of thioether (sulfide) groups is 1. The molecule has 0 saturated carbocycles. The summed E-state index contributed by atoms with van der Waals surface area (Å²) in [7, 11) is 1.97. The highest BCUT2D eigenvalue weighted by Gasteiger charge is 2.15. The van der Waals surface area contributed by atoms with Crippen molar-refractivity contribution >= 4 is 11.8 Å². The van der Waals surface area contributed by atoms with Gasteiger partial charge < -0.3 is 4.57 Å². The molecule has 0 aromatic carbocycles. The SMILES string of the molecule is Cc1nnc(SCCCC(C)(C)C#N)n1C. The number of rotatable bonds is 5. The van der Waals surface area contributed by atoms with E-state index in [9.17, 15) is 0 Å². The third-order valence-corrected chi connectivity index (χ3v) is 3.64. The first kappa shape index (κ1) is 13.0. The molecular weight excluding hydrogens is 220 g/mol. The maximum Gasteiger partial charge on any atom is 0.190 e. The Morgan fingerprint density at radius 3 is 2.62 bits per heavy atom. The maximum absolute atomic E-state index is 8.87. The minimum Gasteiger partial charge on any atom is -0.309 e. The molecule has 5 heteroatoms. The van der Waals surface area contributed by atoms with E-state index in [4.69, 9.17) is 5.26 Å². The van der Waals surface area contributed by atoms with Crippen molar-refractivity contribution in [1.82, 2.24) is 14.8 Å². The summed E-state index contributed by atoms with van der Waals surface area (Å²) in [6, 6.07) is 2.31. The summed E-state index contributed by atoms with van der Waals surface area (Å²) in [5, 5.41) is 17.9. The summed E-state index contributed by atoms with van der Waals surface area (Å²) in [4.78, 5) is 0. The fourth-order valence-corrected chi connectivity index (χ4v) is 2.14. The Kier molecular flexibility index (Phi) is 4.36. The Bertz CT molecular complexity index is 389. The summed E-state index contributed by atoms with van der Waals surface area (Å²) in [5.41, 5.74) is -0.212. The molecule has 0 amide bonds. The van der Waals surface area contributed by atoms with Crippen LogP contribution in [-0.4, -0.2) is 20.5 Å². The smallest absolute Gasteiger partial charge is 0.190 e. The second-order valence-electron chi connectivity index (χ2n) is 4.54. The molecule has 1 aromatic heterocycles. The van der Waals surface area contributed by atoms with E-state index in [2.05, 4.69) is 16.3 Å². The predicted octanol–water partition coefficient (Wildman–Crippen LogP) is 2.55. The van der Waals surface area contributed by atoms with Crippen molar-refractivity contribution in [2.24, 2.45) is 12.5 Å². The summed E-state index contributed by atoms with van der Waals surface area (Å²) in [6.45, 7) is 5.89. The number of hydrogen-bond donors (Lipinski definition) is 0. The fraction of sp³-hybridized carbons (Fsp3) is 0.727. The molecule has 0 spiro atoms. The van der Waals surface area contributed by atoms with E-state index in [1.807, 2.05) is 32.4 Å². The van der Waals surface area contributed by atoms with Gasteiger partial charge in [-0.3, -0.25) is 0 Å². The van der Waals surface area contributed by atoms with E-state index in [1.165, 1.54) is 0 Å². The van der Waals surface area contributed by atoms with Crippen molar-refractivity contribution in [1.29, 1.82) is 5.26 Å². The lowest BCUT2D eigenvalue weighted by Crippen LogP contribution is -2.07. The summed E-state index contributed by atoms with van der Waals surface area (Å²) in [6.07, 6.45) is 1.95. The molecule has 0 saturated heterocycles. The Morgan fingerprint density at radius 2 is 2.12 bits per heavy atom. The zero-order valence-electron chi connectivity index (χ0n) is 10.3. The van der Waals surface area contributed by atoms with E-state index in [-0.39, 0.29) is 5.41 Å². The summed E-state index contributed by atoms with van der Waals surface area (Å²) < 4.78 is 1.99. The van der Waals surface area contributed by atoms with Gasteiger partial charge in [0.1, 0.15) is 5.82 Å². The van der Waals surface area contributed by atoms with Crippen molar-refractivity contribution in [3.8, 4) is 6.07 Å². The maximum atomic E-state index is 8.87. The Balaban J connectivity index is 2.32. The van der Waals surface area contributed by atoms with Gasteiger partial charge in [-0.25, -0.2) is 0 Å². The summed E-state index contributed by atoms with van der Waals surface area (Å²) >= 11 is 1.70. The van der Waals surface area contributed by atoms with Crippen LogP contribution in [-0.2, 0) is 7.05 Å². The van der Waals surface area contributed by atoms with Crippen molar-refractivity contribution < 1.29 is 0 Å². The number of hydrogen-bond acceptors (Lipinski definition) is 4. The second-order valence-corrected chi connectivity index (χ2v) is 5.60. The van der Waals surface area contributed by atoms with Crippen molar-refractivity contribution in [2.45, 2.75) is 38.8 Å². The highest BCUT2D eigenvalue weighted by Crippen LogP contribution is 2.24. The fourth-order valence-electron chi connectivity index (χ4n) is 1.25. The van der Waals surface area contributed by atoms with Gasteiger partial charge >= 0.3 is 0 Å². The van der Waals surface area contributed by atoms with Crippen LogP contribution < -0.4 is 0 Å². The largest absolute Gasteiger partial charge is 0.309 e. The zero-order chi connectivity index (χ0) is 12.2. The first-order valence-electron chi connectivity index (χ1n) is 5.36. The molecule has 1 heterocycles. The van der Waals surface area contributed by atoms with E-state index in [0.717, 1.165) is 29.6 Å². The average Bonchev–Trinajstić information content (AvgIpc) is 2.56. The highest BCUT2D eigenvalue weighted by molar-refractivity contribution is 7.99. The highest BCUT2D eigenvalue weighted by atomic mass is 32.2. The molecule has 0 radical (unpaired) electrons. The number of nitrogens with zero attached hydrogens (tertiary/aromatic N) is 4. The minimum absolute atomic E-state index is 0.212. The van der Waals surface area contributed by atoms with Gasteiger partial charge in [-0.15, -0.1) is 10.2 Å². The molecule has 0 bridgehead atoms. The molecule has 0 aliphatic carbocycles. The van der Waals surface area contributed by atoms with Gasteiger partial charge in [0.2, 0.25) is 0 Å². The molecule has 0 aliphatic heterocycles. The van der Waals surface area contributed by atoms with E-state index in [1.54, 1.807) is 11.8 Å². The van der Waals surface area contributed by atoms with E-state index in [0.29, 0.717) is 0 Å². The molecular formula is C11H18N4S. The number of nitriles is 1. The van der Waals surface area contributed by atoms with Gasteiger partial charge in [0.25, 0.3) is 0 Å².